The second-order valence-corrected chi connectivity index (χ2v) is 3.55. The van der Waals surface area contributed by atoms with E-state index in [0.29, 0.717) is 0 Å². The van der Waals surface area contributed by atoms with Crippen molar-refractivity contribution in [3.8, 4) is 0 Å². The second kappa shape index (κ2) is 4.17. The maximum absolute atomic E-state index is 11.0. The molecule has 1 unspecified atom stereocenters. The summed E-state index contributed by atoms with van der Waals surface area (Å²) in [5.74, 6) is 0. The lowest BCUT2D eigenvalue weighted by molar-refractivity contribution is 0.153. The number of ether oxygens (including phenoxy) is 1. The molecule has 0 saturated carbocycles. The molecule has 0 radical (unpaired) electrons. The zero-order chi connectivity index (χ0) is 10.7. The standard InChI is InChI=1S/C12H13NO2/c1-2-11-10(13-12(14)15-11)8-9-6-4-3-5-7-9/h2-7,10-11H,1,8H2,(H,13,14)/t10-,11?/m0/s1. The molecule has 78 valence electrons. The highest BCUT2D eigenvalue weighted by Gasteiger charge is 2.31. The number of carbonyl (C=O) groups is 1. The SMILES string of the molecule is C=CC1OC(=O)N[C@H]1Cc1ccccc1. The Morgan fingerprint density at radius 1 is 1.40 bits per heavy atom. The Balaban J connectivity index is 2.06. The van der Waals surface area contributed by atoms with Gasteiger partial charge in [0, 0.05) is 0 Å². The highest BCUT2D eigenvalue weighted by atomic mass is 16.6. The fraction of sp³-hybridized carbons (Fsp3) is 0.250. The normalized spacial score (nSPS) is 24.4. The fourth-order valence-electron chi connectivity index (χ4n) is 1.72. The molecular formula is C12H13NO2. The van der Waals surface area contributed by atoms with Crippen LogP contribution in [0.2, 0.25) is 0 Å². The van der Waals surface area contributed by atoms with Gasteiger partial charge in [0.2, 0.25) is 0 Å². The van der Waals surface area contributed by atoms with Gasteiger partial charge in [-0.15, -0.1) is 0 Å². The van der Waals surface area contributed by atoms with E-state index in [1.165, 1.54) is 5.56 Å². The second-order valence-electron chi connectivity index (χ2n) is 3.55. The van der Waals surface area contributed by atoms with Crippen molar-refractivity contribution in [2.75, 3.05) is 0 Å². The monoisotopic (exact) mass is 203 g/mol. The molecule has 1 aromatic carbocycles. The van der Waals surface area contributed by atoms with Gasteiger partial charge in [-0.1, -0.05) is 36.9 Å². The molecule has 1 N–H and O–H groups in total. The number of rotatable bonds is 3. The van der Waals surface area contributed by atoms with E-state index in [9.17, 15) is 4.79 Å². The summed E-state index contributed by atoms with van der Waals surface area (Å²) in [5.41, 5.74) is 1.18. The summed E-state index contributed by atoms with van der Waals surface area (Å²) in [6.45, 7) is 3.65. The van der Waals surface area contributed by atoms with Crippen molar-refractivity contribution in [1.29, 1.82) is 0 Å². The van der Waals surface area contributed by atoms with Crippen LogP contribution in [0.3, 0.4) is 0 Å². The average molecular weight is 203 g/mol. The number of alkyl carbamates (subject to hydrolysis) is 1. The van der Waals surface area contributed by atoms with Crippen molar-refractivity contribution in [2.45, 2.75) is 18.6 Å². The van der Waals surface area contributed by atoms with Crippen LogP contribution in [-0.2, 0) is 11.2 Å². The Morgan fingerprint density at radius 2 is 2.13 bits per heavy atom. The molecule has 15 heavy (non-hydrogen) atoms. The summed E-state index contributed by atoms with van der Waals surface area (Å²) in [6, 6.07) is 10.00. The van der Waals surface area contributed by atoms with Crippen LogP contribution in [0.25, 0.3) is 0 Å². The van der Waals surface area contributed by atoms with Crippen LogP contribution in [-0.4, -0.2) is 18.2 Å². The first kappa shape index (κ1) is 9.77. The summed E-state index contributed by atoms with van der Waals surface area (Å²) in [4.78, 5) is 11.0. The molecule has 0 aromatic heterocycles. The van der Waals surface area contributed by atoms with E-state index >= 15 is 0 Å². The van der Waals surface area contributed by atoms with Crippen LogP contribution >= 0.6 is 0 Å². The van der Waals surface area contributed by atoms with Crippen molar-refractivity contribution in [2.24, 2.45) is 0 Å². The van der Waals surface area contributed by atoms with E-state index in [-0.39, 0.29) is 18.2 Å². The minimum Gasteiger partial charge on any atom is -0.440 e. The Hall–Kier alpha value is -1.77. The quantitative estimate of drug-likeness (QED) is 0.762. The number of nitrogens with one attached hydrogen (secondary N) is 1. The van der Waals surface area contributed by atoms with Crippen LogP contribution in [0.15, 0.2) is 43.0 Å². The lowest BCUT2D eigenvalue weighted by Crippen LogP contribution is -2.32. The molecule has 3 nitrogen and oxygen atoms in total. The minimum atomic E-state index is -0.360. The molecule has 1 fully saturated rings. The molecule has 1 aliphatic heterocycles. The van der Waals surface area contributed by atoms with Gasteiger partial charge in [-0.3, -0.25) is 0 Å². The predicted molar refractivity (Wildman–Crippen MR) is 57.5 cm³/mol. The summed E-state index contributed by atoms with van der Waals surface area (Å²) in [6.07, 6.45) is 1.84. The van der Waals surface area contributed by atoms with Crippen molar-refractivity contribution in [3.63, 3.8) is 0 Å². The molecule has 0 bridgehead atoms. The zero-order valence-electron chi connectivity index (χ0n) is 8.35. The molecular weight excluding hydrogens is 190 g/mol. The van der Waals surface area contributed by atoms with E-state index in [2.05, 4.69) is 11.9 Å². The summed E-state index contributed by atoms with van der Waals surface area (Å²) < 4.78 is 5.03. The van der Waals surface area contributed by atoms with Gasteiger partial charge in [0.15, 0.2) is 0 Å². The fourth-order valence-corrected chi connectivity index (χ4v) is 1.72. The molecule has 1 aromatic rings. The zero-order valence-corrected chi connectivity index (χ0v) is 8.35. The van der Waals surface area contributed by atoms with E-state index < -0.39 is 0 Å². The lowest BCUT2D eigenvalue weighted by Gasteiger charge is -2.12. The van der Waals surface area contributed by atoms with Gasteiger partial charge < -0.3 is 10.1 Å². The van der Waals surface area contributed by atoms with E-state index in [0.717, 1.165) is 6.42 Å². The van der Waals surface area contributed by atoms with Gasteiger partial charge >= 0.3 is 6.09 Å². The Morgan fingerprint density at radius 3 is 2.80 bits per heavy atom. The lowest BCUT2D eigenvalue weighted by atomic mass is 10.0. The highest BCUT2D eigenvalue weighted by Crippen LogP contribution is 2.14. The number of carbonyl (C=O) groups excluding carboxylic acids is 1. The van der Waals surface area contributed by atoms with Crippen molar-refractivity contribution in [3.05, 3.63) is 48.6 Å². The highest BCUT2D eigenvalue weighted by molar-refractivity contribution is 5.70. The third kappa shape index (κ3) is 2.18. The number of hydrogen-bond acceptors (Lipinski definition) is 2. The van der Waals surface area contributed by atoms with Crippen LogP contribution < -0.4 is 5.32 Å². The van der Waals surface area contributed by atoms with Crippen molar-refractivity contribution in [1.82, 2.24) is 5.32 Å². The number of amides is 1. The van der Waals surface area contributed by atoms with Crippen LogP contribution in [0.1, 0.15) is 5.56 Å². The first-order valence-electron chi connectivity index (χ1n) is 4.93. The van der Waals surface area contributed by atoms with Gasteiger partial charge in [0.1, 0.15) is 6.10 Å². The topological polar surface area (TPSA) is 38.3 Å². The van der Waals surface area contributed by atoms with Gasteiger partial charge in [-0.25, -0.2) is 4.79 Å². The average Bonchev–Trinajstić information content (AvgIpc) is 2.60. The third-order valence-electron chi connectivity index (χ3n) is 2.47. The summed E-state index contributed by atoms with van der Waals surface area (Å²) >= 11 is 0. The van der Waals surface area contributed by atoms with Crippen LogP contribution in [0, 0.1) is 0 Å². The van der Waals surface area contributed by atoms with Gasteiger partial charge in [0.05, 0.1) is 6.04 Å². The number of cyclic esters (lactones) is 1. The van der Waals surface area contributed by atoms with Crippen molar-refractivity contribution >= 4 is 6.09 Å². The summed E-state index contributed by atoms with van der Waals surface area (Å²) in [7, 11) is 0. The van der Waals surface area contributed by atoms with Gasteiger partial charge in [-0.2, -0.15) is 0 Å². The molecule has 3 heteroatoms. The maximum atomic E-state index is 11.0. The largest absolute Gasteiger partial charge is 0.440 e. The van der Waals surface area contributed by atoms with Gasteiger partial charge in [-0.05, 0) is 18.1 Å². The van der Waals surface area contributed by atoms with Crippen LogP contribution in [0.5, 0.6) is 0 Å². The first-order chi connectivity index (χ1) is 7.29. The molecule has 1 heterocycles. The molecule has 2 rings (SSSR count). The Kier molecular flexibility index (Phi) is 2.72. The molecule has 0 aliphatic carbocycles. The van der Waals surface area contributed by atoms with E-state index in [1.54, 1.807) is 6.08 Å². The molecule has 1 amide bonds. The number of hydrogen-bond donors (Lipinski definition) is 1. The summed E-state index contributed by atoms with van der Waals surface area (Å²) in [5, 5.41) is 2.77. The Bertz CT molecular complexity index is 361. The van der Waals surface area contributed by atoms with E-state index in [1.807, 2.05) is 30.3 Å². The van der Waals surface area contributed by atoms with Gasteiger partial charge in [0.25, 0.3) is 0 Å². The Labute approximate surface area is 88.8 Å². The molecule has 1 aliphatic rings. The number of benzene rings is 1. The third-order valence-corrected chi connectivity index (χ3v) is 2.47. The molecule has 1 saturated heterocycles. The molecule has 0 spiro atoms. The van der Waals surface area contributed by atoms with E-state index in [4.69, 9.17) is 4.74 Å². The van der Waals surface area contributed by atoms with Crippen molar-refractivity contribution < 1.29 is 9.53 Å². The predicted octanol–water partition coefficient (Wildman–Crippen LogP) is 1.89. The minimum absolute atomic E-state index is 0.00241. The first-order valence-corrected chi connectivity index (χ1v) is 4.93. The molecule has 2 atom stereocenters. The van der Waals surface area contributed by atoms with Crippen LogP contribution in [0.4, 0.5) is 4.79 Å². The smallest absolute Gasteiger partial charge is 0.408 e. The maximum Gasteiger partial charge on any atom is 0.408 e.